The van der Waals surface area contributed by atoms with Crippen LogP contribution < -0.4 is 0 Å². The first-order valence-corrected chi connectivity index (χ1v) is 6.77. The Hall–Kier alpha value is 0.660. The Labute approximate surface area is 92.4 Å². The van der Waals surface area contributed by atoms with E-state index in [1.54, 1.807) is 7.11 Å². The van der Waals surface area contributed by atoms with Crippen molar-refractivity contribution in [2.45, 2.75) is 26.2 Å². The second-order valence-electron chi connectivity index (χ2n) is 3.36. The van der Waals surface area contributed by atoms with Crippen LogP contribution in [0.25, 0.3) is 0 Å². The minimum atomic E-state index is 0.840. The van der Waals surface area contributed by atoms with E-state index in [2.05, 4.69) is 19.6 Å². The SMILES string of the molecule is COCCCSCCC(C)CCS. The van der Waals surface area contributed by atoms with Crippen LogP contribution in [0, 0.1) is 5.92 Å². The Bertz CT molecular complexity index is 98.9. The average molecular weight is 222 g/mol. The molecule has 0 amide bonds. The van der Waals surface area contributed by atoms with Gasteiger partial charge in [0.25, 0.3) is 0 Å². The molecule has 13 heavy (non-hydrogen) atoms. The van der Waals surface area contributed by atoms with Gasteiger partial charge in [0, 0.05) is 13.7 Å². The number of thiol groups is 1. The van der Waals surface area contributed by atoms with Gasteiger partial charge >= 0.3 is 0 Å². The van der Waals surface area contributed by atoms with Gasteiger partial charge < -0.3 is 4.74 Å². The third-order valence-corrected chi connectivity index (χ3v) is 3.37. The number of hydrogen-bond acceptors (Lipinski definition) is 3. The summed E-state index contributed by atoms with van der Waals surface area (Å²) in [6.45, 7) is 3.21. The summed E-state index contributed by atoms with van der Waals surface area (Å²) < 4.78 is 4.98. The van der Waals surface area contributed by atoms with Crippen molar-refractivity contribution >= 4 is 24.4 Å². The molecule has 0 aromatic carbocycles. The van der Waals surface area contributed by atoms with Crippen LogP contribution in [0.15, 0.2) is 0 Å². The minimum absolute atomic E-state index is 0.840. The van der Waals surface area contributed by atoms with Crippen molar-refractivity contribution in [1.82, 2.24) is 0 Å². The molecule has 0 radical (unpaired) electrons. The molecule has 0 saturated heterocycles. The second-order valence-corrected chi connectivity index (χ2v) is 5.04. The molecule has 0 aliphatic heterocycles. The quantitative estimate of drug-likeness (QED) is 0.474. The fourth-order valence-electron chi connectivity index (χ4n) is 1.06. The lowest BCUT2D eigenvalue weighted by molar-refractivity contribution is 0.200. The van der Waals surface area contributed by atoms with Crippen molar-refractivity contribution in [3.63, 3.8) is 0 Å². The summed E-state index contributed by atoms with van der Waals surface area (Å²) in [7, 11) is 1.76. The average Bonchev–Trinajstić information content (AvgIpc) is 2.11. The maximum absolute atomic E-state index is 4.98. The van der Waals surface area contributed by atoms with Gasteiger partial charge in [0.1, 0.15) is 0 Å². The Morgan fingerprint density at radius 2 is 2.08 bits per heavy atom. The third-order valence-electron chi connectivity index (χ3n) is 2.01. The third kappa shape index (κ3) is 10.6. The topological polar surface area (TPSA) is 9.23 Å². The van der Waals surface area contributed by atoms with Crippen LogP contribution in [0.3, 0.4) is 0 Å². The van der Waals surface area contributed by atoms with E-state index in [4.69, 9.17) is 4.74 Å². The van der Waals surface area contributed by atoms with E-state index in [9.17, 15) is 0 Å². The van der Waals surface area contributed by atoms with Crippen LogP contribution in [0.2, 0.25) is 0 Å². The van der Waals surface area contributed by atoms with E-state index in [1.165, 1.54) is 30.8 Å². The van der Waals surface area contributed by atoms with Gasteiger partial charge in [-0.3, -0.25) is 0 Å². The first-order valence-electron chi connectivity index (χ1n) is 4.98. The number of ether oxygens (including phenoxy) is 1. The molecule has 80 valence electrons. The van der Waals surface area contributed by atoms with Gasteiger partial charge in [-0.1, -0.05) is 6.92 Å². The van der Waals surface area contributed by atoms with Crippen LogP contribution in [0.1, 0.15) is 26.2 Å². The number of hydrogen-bond donors (Lipinski definition) is 1. The Morgan fingerprint density at radius 3 is 2.69 bits per heavy atom. The first kappa shape index (κ1) is 13.7. The van der Waals surface area contributed by atoms with E-state index in [1.807, 2.05) is 11.8 Å². The molecule has 0 fully saturated rings. The smallest absolute Gasteiger partial charge is 0.0470 e. The lowest BCUT2D eigenvalue weighted by Gasteiger charge is -2.08. The predicted octanol–water partition coefficient (Wildman–Crippen LogP) is 3.10. The molecular formula is C10H22OS2. The maximum atomic E-state index is 4.98. The number of rotatable bonds is 9. The molecule has 0 rings (SSSR count). The summed E-state index contributed by atoms with van der Waals surface area (Å²) in [5.41, 5.74) is 0. The van der Waals surface area contributed by atoms with Gasteiger partial charge in [-0.25, -0.2) is 0 Å². The van der Waals surface area contributed by atoms with Crippen molar-refractivity contribution in [1.29, 1.82) is 0 Å². The Kier molecular flexibility index (Phi) is 11.3. The van der Waals surface area contributed by atoms with E-state index in [0.29, 0.717) is 0 Å². The zero-order valence-corrected chi connectivity index (χ0v) is 10.5. The normalized spacial score (nSPS) is 13.2. The van der Waals surface area contributed by atoms with Crippen molar-refractivity contribution in [2.75, 3.05) is 31.0 Å². The summed E-state index contributed by atoms with van der Waals surface area (Å²) in [5.74, 6) is 4.39. The molecule has 0 aliphatic carbocycles. The fraction of sp³-hybridized carbons (Fsp3) is 1.00. The molecule has 0 aromatic heterocycles. The van der Waals surface area contributed by atoms with Crippen molar-refractivity contribution in [3.8, 4) is 0 Å². The molecule has 1 unspecified atom stereocenters. The summed E-state index contributed by atoms with van der Waals surface area (Å²) in [4.78, 5) is 0. The van der Waals surface area contributed by atoms with E-state index < -0.39 is 0 Å². The summed E-state index contributed by atoms with van der Waals surface area (Å²) in [6, 6.07) is 0. The molecule has 0 aromatic rings. The van der Waals surface area contributed by atoms with Crippen molar-refractivity contribution in [3.05, 3.63) is 0 Å². The standard InChI is InChI=1S/C10H22OS2/c1-10(4-7-12)5-9-13-8-3-6-11-2/h10,12H,3-9H2,1-2H3. The van der Waals surface area contributed by atoms with Gasteiger partial charge in [0.05, 0.1) is 0 Å². The second kappa shape index (κ2) is 10.7. The maximum Gasteiger partial charge on any atom is 0.0470 e. The predicted molar refractivity (Wildman–Crippen MR) is 66.1 cm³/mol. The highest BCUT2D eigenvalue weighted by molar-refractivity contribution is 7.99. The highest BCUT2D eigenvalue weighted by Crippen LogP contribution is 2.13. The van der Waals surface area contributed by atoms with Crippen LogP contribution in [0.4, 0.5) is 0 Å². The molecule has 0 saturated carbocycles. The van der Waals surface area contributed by atoms with Crippen molar-refractivity contribution < 1.29 is 4.74 Å². The molecule has 1 nitrogen and oxygen atoms in total. The Morgan fingerprint density at radius 1 is 1.31 bits per heavy atom. The highest BCUT2D eigenvalue weighted by Gasteiger charge is 1.99. The molecule has 0 bridgehead atoms. The van der Waals surface area contributed by atoms with E-state index in [0.717, 1.165) is 18.3 Å². The molecule has 0 heterocycles. The molecule has 0 spiro atoms. The zero-order valence-electron chi connectivity index (χ0n) is 8.79. The van der Waals surface area contributed by atoms with Gasteiger partial charge in [0.15, 0.2) is 0 Å². The molecule has 0 N–H and O–H groups in total. The highest BCUT2D eigenvalue weighted by atomic mass is 32.2. The largest absolute Gasteiger partial charge is 0.385 e. The number of thioether (sulfide) groups is 1. The van der Waals surface area contributed by atoms with E-state index >= 15 is 0 Å². The zero-order chi connectivity index (χ0) is 9.94. The van der Waals surface area contributed by atoms with Crippen molar-refractivity contribution in [2.24, 2.45) is 5.92 Å². The summed E-state index contributed by atoms with van der Waals surface area (Å²) in [6.07, 6.45) is 3.77. The molecule has 3 heteroatoms. The molecule has 1 atom stereocenters. The van der Waals surface area contributed by atoms with Gasteiger partial charge in [0.2, 0.25) is 0 Å². The monoisotopic (exact) mass is 222 g/mol. The van der Waals surface area contributed by atoms with Gasteiger partial charge in [-0.05, 0) is 42.4 Å². The lowest BCUT2D eigenvalue weighted by atomic mass is 10.1. The first-order chi connectivity index (χ1) is 6.31. The van der Waals surface area contributed by atoms with Crippen LogP contribution in [0.5, 0.6) is 0 Å². The van der Waals surface area contributed by atoms with Gasteiger partial charge in [-0.15, -0.1) is 0 Å². The van der Waals surface area contributed by atoms with Crippen LogP contribution >= 0.6 is 24.4 Å². The molecule has 0 aliphatic rings. The summed E-state index contributed by atoms with van der Waals surface area (Å²) in [5, 5.41) is 0. The number of methoxy groups -OCH3 is 1. The lowest BCUT2D eigenvalue weighted by Crippen LogP contribution is -1.98. The Balaban J connectivity index is 2.97. The molecular weight excluding hydrogens is 200 g/mol. The van der Waals surface area contributed by atoms with E-state index in [-0.39, 0.29) is 0 Å². The van der Waals surface area contributed by atoms with Crippen LogP contribution in [-0.2, 0) is 4.74 Å². The fourth-order valence-corrected chi connectivity index (χ4v) is 2.59. The minimum Gasteiger partial charge on any atom is -0.385 e. The summed E-state index contributed by atoms with van der Waals surface area (Å²) >= 11 is 6.27. The van der Waals surface area contributed by atoms with Gasteiger partial charge in [-0.2, -0.15) is 24.4 Å². The van der Waals surface area contributed by atoms with Crippen LogP contribution in [-0.4, -0.2) is 31.0 Å².